The molecule has 1 heterocycles. The molecule has 3 heteroatoms. The Hall–Kier alpha value is -0.800. The minimum Gasteiger partial charge on any atom is -0.467 e. The zero-order chi connectivity index (χ0) is 9.73. The zero-order valence-electron chi connectivity index (χ0n) is 8.25. The lowest BCUT2D eigenvalue weighted by Crippen LogP contribution is -2.28. The lowest BCUT2D eigenvalue weighted by Gasteiger charge is -2.21. The summed E-state index contributed by atoms with van der Waals surface area (Å²) in [6, 6.07) is 3.75. The van der Waals surface area contributed by atoms with Gasteiger partial charge in [-0.2, -0.15) is 0 Å². The van der Waals surface area contributed by atoms with Crippen LogP contribution in [0.4, 0.5) is 0 Å². The fourth-order valence-electron chi connectivity index (χ4n) is 0.882. The molecule has 0 fully saturated rings. The Bertz CT molecular complexity index is 229. The van der Waals surface area contributed by atoms with Crippen LogP contribution >= 0.6 is 0 Å². The second kappa shape index (κ2) is 4.44. The molecule has 0 atom stereocenters. The molecule has 0 spiro atoms. The van der Waals surface area contributed by atoms with Gasteiger partial charge in [0.2, 0.25) is 0 Å². The van der Waals surface area contributed by atoms with Crippen molar-refractivity contribution in [2.24, 2.45) is 11.1 Å². The van der Waals surface area contributed by atoms with Crippen LogP contribution in [-0.2, 0) is 11.3 Å². The Morgan fingerprint density at radius 3 is 2.85 bits per heavy atom. The Morgan fingerprint density at radius 2 is 2.31 bits per heavy atom. The quantitative estimate of drug-likeness (QED) is 0.757. The number of furan rings is 1. The highest BCUT2D eigenvalue weighted by Crippen LogP contribution is 2.13. The van der Waals surface area contributed by atoms with E-state index in [1.807, 2.05) is 12.1 Å². The number of hydrogen-bond acceptors (Lipinski definition) is 3. The van der Waals surface area contributed by atoms with Crippen molar-refractivity contribution < 1.29 is 9.15 Å². The first kappa shape index (κ1) is 10.3. The number of nitrogens with two attached hydrogens (primary N) is 1. The molecule has 0 amide bonds. The molecular formula is C10H17NO2. The van der Waals surface area contributed by atoms with Gasteiger partial charge in [0.15, 0.2) is 0 Å². The molecule has 1 aromatic heterocycles. The minimum absolute atomic E-state index is 0.0482. The smallest absolute Gasteiger partial charge is 0.129 e. The maximum atomic E-state index is 5.56. The van der Waals surface area contributed by atoms with Crippen molar-refractivity contribution in [1.29, 1.82) is 0 Å². The Balaban J connectivity index is 2.21. The number of ether oxygens (including phenoxy) is 1. The number of hydrogen-bond donors (Lipinski definition) is 1. The molecule has 0 saturated carbocycles. The zero-order valence-corrected chi connectivity index (χ0v) is 8.25. The monoisotopic (exact) mass is 183 g/mol. The summed E-state index contributed by atoms with van der Waals surface area (Å²) in [4.78, 5) is 0. The van der Waals surface area contributed by atoms with Gasteiger partial charge in [-0.25, -0.2) is 0 Å². The molecule has 1 aromatic rings. The average Bonchev–Trinajstić information content (AvgIpc) is 2.57. The average molecular weight is 183 g/mol. The van der Waals surface area contributed by atoms with Gasteiger partial charge in [-0.1, -0.05) is 13.8 Å². The largest absolute Gasteiger partial charge is 0.467 e. The third-order valence-electron chi connectivity index (χ3n) is 1.87. The Kier molecular flexibility index (Phi) is 3.51. The van der Waals surface area contributed by atoms with Crippen molar-refractivity contribution in [3.8, 4) is 0 Å². The summed E-state index contributed by atoms with van der Waals surface area (Å²) in [6.07, 6.45) is 1.65. The van der Waals surface area contributed by atoms with Gasteiger partial charge in [0, 0.05) is 5.41 Å². The minimum atomic E-state index is 0.0482. The van der Waals surface area contributed by atoms with Crippen molar-refractivity contribution in [3.63, 3.8) is 0 Å². The van der Waals surface area contributed by atoms with Crippen molar-refractivity contribution in [2.75, 3.05) is 13.2 Å². The van der Waals surface area contributed by atoms with Crippen LogP contribution in [0.1, 0.15) is 19.6 Å². The van der Waals surface area contributed by atoms with Crippen LogP contribution in [0.3, 0.4) is 0 Å². The molecule has 0 saturated heterocycles. The van der Waals surface area contributed by atoms with Crippen LogP contribution in [0.15, 0.2) is 22.8 Å². The van der Waals surface area contributed by atoms with E-state index in [0.717, 1.165) is 5.76 Å². The lowest BCUT2D eigenvalue weighted by molar-refractivity contribution is 0.0462. The first-order valence-corrected chi connectivity index (χ1v) is 4.44. The molecule has 0 unspecified atom stereocenters. The van der Waals surface area contributed by atoms with Gasteiger partial charge < -0.3 is 14.9 Å². The van der Waals surface area contributed by atoms with Crippen LogP contribution in [-0.4, -0.2) is 13.2 Å². The molecule has 0 aliphatic carbocycles. The van der Waals surface area contributed by atoms with E-state index in [9.17, 15) is 0 Å². The van der Waals surface area contributed by atoms with Crippen molar-refractivity contribution in [3.05, 3.63) is 24.2 Å². The predicted molar refractivity (Wildman–Crippen MR) is 51.2 cm³/mol. The topological polar surface area (TPSA) is 48.4 Å². The van der Waals surface area contributed by atoms with Crippen molar-refractivity contribution in [2.45, 2.75) is 20.5 Å². The van der Waals surface area contributed by atoms with Crippen LogP contribution in [0.5, 0.6) is 0 Å². The van der Waals surface area contributed by atoms with Crippen LogP contribution in [0, 0.1) is 5.41 Å². The highest BCUT2D eigenvalue weighted by atomic mass is 16.5. The molecule has 1 rings (SSSR count). The molecule has 0 aliphatic heterocycles. The molecule has 0 aromatic carbocycles. The SMILES string of the molecule is CC(C)(CN)COCc1ccco1. The fraction of sp³-hybridized carbons (Fsp3) is 0.600. The van der Waals surface area contributed by atoms with Gasteiger partial charge in [-0.15, -0.1) is 0 Å². The second-order valence-electron chi connectivity index (χ2n) is 3.94. The third kappa shape index (κ3) is 3.61. The van der Waals surface area contributed by atoms with Crippen molar-refractivity contribution in [1.82, 2.24) is 0 Å². The van der Waals surface area contributed by atoms with Gasteiger partial charge in [0.25, 0.3) is 0 Å². The van der Waals surface area contributed by atoms with E-state index in [2.05, 4.69) is 13.8 Å². The van der Waals surface area contributed by atoms with Crippen LogP contribution in [0.25, 0.3) is 0 Å². The summed E-state index contributed by atoms with van der Waals surface area (Å²) in [5, 5.41) is 0. The molecule has 0 bridgehead atoms. The summed E-state index contributed by atoms with van der Waals surface area (Å²) >= 11 is 0. The Labute approximate surface area is 78.9 Å². The predicted octanol–water partition coefficient (Wildman–Crippen LogP) is 1.78. The third-order valence-corrected chi connectivity index (χ3v) is 1.87. The van der Waals surface area contributed by atoms with E-state index >= 15 is 0 Å². The molecule has 0 aliphatic rings. The van der Waals surface area contributed by atoms with E-state index in [-0.39, 0.29) is 5.41 Å². The molecule has 2 N–H and O–H groups in total. The Morgan fingerprint density at radius 1 is 1.54 bits per heavy atom. The molecule has 74 valence electrons. The van der Waals surface area contributed by atoms with E-state index in [0.29, 0.717) is 19.8 Å². The van der Waals surface area contributed by atoms with E-state index in [4.69, 9.17) is 14.9 Å². The van der Waals surface area contributed by atoms with E-state index in [1.165, 1.54) is 0 Å². The van der Waals surface area contributed by atoms with Gasteiger partial charge >= 0.3 is 0 Å². The summed E-state index contributed by atoms with van der Waals surface area (Å²) in [5.41, 5.74) is 5.61. The van der Waals surface area contributed by atoms with E-state index < -0.39 is 0 Å². The lowest BCUT2D eigenvalue weighted by atomic mass is 9.95. The summed E-state index contributed by atoms with van der Waals surface area (Å²) in [5.74, 6) is 0.854. The van der Waals surface area contributed by atoms with Crippen molar-refractivity contribution >= 4 is 0 Å². The fourth-order valence-corrected chi connectivity index (χ4v) is 0.882. The van der Waals surface area contributed by atoms with Gasteiger partial charge in [0.05, 0.1) is 12.9 Å². The second-order valence-corrected chi connectivity index (χ2v) is 3.94. The molecular weight excluding hydrogens is 166 g/mol. The highest BCUT2D eigenvalue weighted by molar-refractivity contribution is 4.96. The van der Waals surface area contributed by atoms with Gasteiger partial charge in [-0.05, 0) is 18.7 Å². The van der Waals surface area contributed by atoms with Gasteiger partial charge in [0.1, 0.15) is 12.4 Å². The highest BCUT2D eigenvalue weighted by Gasteiger charge is 2.15. The summed E-state index contributed by atoms with van der Waals surface area (Å²) in [7, 11) is 0. The maximum Gasteiger partial charge on any atom is 0.129 e. The van der Waals surface area contributed by atoms with Crippen LogP contribution < -0.4 is 5.73 Å². The van der Waals surface area contributed by atoms with E-state index in [1.54, 1.807) is 6.26 Å². The first-order valence-electron chi connectivity index (χ1n) is 4.44. The summed E-state index contributed by atoms with van der Waals surface area (Å²) < 4.78 is 10.6. The van der Waals surface area contributed by atoms with Gasteiger partial charge in [-0.3, -0.25) is 0 Å². The van der Waals surface area contributed by atoms with Crippen LogP contribution in [0.2, 0.25) is 0 Å². The molecule has 3 nitrogen and oxygen atoms in total. The molecule has 0 radical (unpaired) electrons. The standard InChI is InChI=1S/C10H17NO2/c1-10(2,7-11)8-12-6-9-4-3-5-13-9/h3-5H,6-8,11H2,1-2H3. The first-order chi connectivity index (χ1) is 6.14. The molecule has 13 heavy (non-hydrogen) atoms. The number of rotatable bonds is 5. The maximum absolute atomic E-state index is 5.56. The summed E-state index contributed by atoms with van der Waals surface area (Å²) in [6.45, 7) is 5.97. The normalized spacial score (nSPS) is 11.9.